The smallest absolute Gasteiger partial charge is 0.177 e. The van der Waals surface area contributed by atoms with Crippen LogP contribution >= 0.6 is 0 Å². The van der Waals surface area contributed by atoms with Crippen LogP contribution in [0.25, 0.3) is 0 Å². The van der Waals surface area contributed by atoms with Gasteiger partial charge in [0.25, 0.3) is 0 Å². The van der Waals surface area contributed by atoms with Crippen molar-refractivity contribution in [3.63, 3.8) is 0 Å². The van der Waals surface area contributed by atoms with Crippen molar-refractivity contribution in [1.82, 2.24) is 0 Å². The van der Waals surface area contributed by atoms with Crippen LogP contribution in [0.5, 0.6) is 0 Å². The van der Waals surface area contributed by atoms with E-state index in [4.69, 9.17) is 9.47 Å². The third-order valence-electron chi connectivity index (χ3n) is 3.44. The summed E-state index contributed by atoms with van der Waals surface area (Å²) in [6, 6.07) is 0. The van der Waals surface area contributed by atoms with E-state index in [-0.39, 0.29) is 11.2 Å². The number of rotatable bonds is 2. The molecule has 1 aliphatic carbocycles. The largest absolute Gasteiger partial charge is 0.347 e. The van der Waals surface area contributed by atoms with Crippen molar-refractivity contribution >= 4 is 0 Å². The maximum atomic E-state index is 5.71. The third kappa shape index (κ3) is 0.826. The average Bonchev–Trinajstić information content (AvgIpc) is 2.46. The first-order valence-corrected chi connectivity index (χ1v) is 4.93. The lowest BCUT2D eigenvalue weighted by atomic mass is 10.1. The van der Waals surface area contributed by atoms with Crippen LogP contribution in [-0.2, 0) is 9.47 Å². The molecule has 1 spiro atoms. The Morgan fingerprint density at radius 3 is 2.33 bits per heavy atom. The van der Waals surface area contributed by atoms with Gasteiger partial charge in [-0.3, -0.25) is 0 Å². The second kappa shape index (κ2) is 2.46. The van der Waals surface area contributed by atoms with E-state index in [1.807, 2.05) is 0 Å². The summed E-state index contributed by atoms with van der Waals surface area (Å²) in [4.78, 5) is 0. The fourth-order valence-electron chi connectivity index (χ4n) is 2.63. The molecule has 2 fully saturated rings. The molecule has 1 saturated heterocycles. The molecule has 0 N–H and O–H groups in total. The molecular formula is C10H18O2. The highest BCUT2D eigenvalue weighted by Crippen LogP contribution is 2.67. The minimum Gasteiger partial charge on any atom is -0.347 e. The number of ether oxygens (including phenoxy) is 2. The summed E-state index contributed by atoms with van der Waals surface area (Å²) in [5.41, 5.74) is 0.250. The van der Waals surface area contributed by atoms with E-state index in [0.717, 1.165) is 13.2 Å². The van der Waals surface area contributed by atoms with Gasteiger partial charge in [0.2, 0.25) is 0 Å². The fourth-order valence-corrected chi connectivity index (χ4v) is 2.63. The molecule has 2 heteroatoms. The second-order valence-electron chi connectivity index (χ2n) is 4.43. The average molecular weight is 170 g/mol. The molecule has 0 bridgehead atoms. The van der Waals surface area contributed by atoms with E-state index < -0.39 is 0 Å². The van der Waals surface area contributed by atoms with Crippen LogP contribution < -0.4 is 0 Å². The lowest BCUT2D eigenvalue weighted by Crippen LogP contribution is -2.17. The monoisotopic (exact) mass is 170 g/mol. The molecule has 2 rings (SSSR count). The van der Waals surface area contributed by atoms with Crippen LogP contribution in [0.4, 0.5) is 0 Å². The highest BCUT2D eigenvalue weighted by molar-refractivity contribution is 5.15. The third-order valence-corrected chi connectivity index (χ3v) is 3.44. The second-order valence-corrected chi connectivity index (χ2v) is 4.43. The van der Waals surface area contributed by atoms with Crippen molar-refractivity contribution in [3.05, 3.63) is 0 Å². The minimum atomic E-state index is -0.191. The molecule has 1 atom stereocenters. The van der Waals surface area contributed by atoms with Gasteiger partial charge < -0.3 is 9.47 Å². The van der Waals surface area contributed by atoms with Crippen molar-refractivity contribution in [2.24, 2.45) is 11.3 Å². The van der Waals surface area contributed by atoms with Crippen LogP contribution in [-0.4, -0.2) is 19.0 Å². The number of hydrogen-bond acceptors (Lipinski definition) is 2. The minimum absolute atomic E-state index is 0.191. The Labute approximate surface area is 74.2 Å². The van der Waals surface area contributed by atoms with E-state index in [1.54, 1.807) is 0 Å². The van der Waals surface area contributed by atoms with Gasteiger partial charge in [-0.05, 0) is 6.42 Å². The maximum Gasteiger partial charge on any atom is 0.177 e. The van der Waals surface area contributed by atoms with Crippen LogP contribution in [0.2, 0.25) is 0 Å². The SMILES string of the molecule is CCCC1C(C)(C)C12OCCO2. The lowest BCUT2D eigenvalue weighted by Gasteiger charge is -2.10. The van der Waals surface area contributed by atoms with E-state index in [1.165, 1.54) is 12.8 Å². The van der Waals surface area contributed by atoms with Crippen molar-refractivity contribution in [2.75, 3.05) is 13.2 Å². The Bertz CT molecular complexity index is 180. The summed E-state index contributed by atoms with van der Waals surface area (Å²) < 4.78 is 11.4. The summed E-state index contributed by atoms with van der Waals surface area (Å²) in [6.07, 6.45) is 2.45. The van der Waals surface area contributed by atoms with Gasteiger partial charge in [-0.25, -0.2) is 0 Å². The van der Waals surface area contributed by atoms with Gasteiger partial charge in [-0.2, -0.15) is 0 Å². The molecule has 0 aromatic carbocycles. The topological polar surface area (TPSA) is 18.5 Å². The summed E-state index contributed by atoms with van der Waals surface area (Å²) in [5.74, 6) is 0.431. The molecular weight excluding hydrogens is 152 g/mol. The molecule has 1 heterocycles. The highest BCUT2D eigenvalue weighted by atomic mass is 16.8. The molecule has 2 aliphatic rings. The van der Waals surface area contributed by atoms with E-state index in [2.05, 4.69) is 20.8 Å². The molecule has 0 radical (unpaired) electrons. The van der Waals surface area contributed by atoms with Crippen molar-refractivity contribution in [3.8, 4) is 0 Å². The summed E-state index contributed by atoms with van der Waals surface area (Å²) in [6.45, 7) is 8.28. The zero-order chi connectivity index (χ0) is 8.82. The molecule has 70 valence electrons. The summed E-state index contributed by atoms with van der Waals surface area (Å²) >= 11 is 0. The Kier molecular flexibility index (Phi) is 1.74. The first-order chi connectivity index (χ1) is 5.65. The first-order valence-electron chi connectivity index (χ1n) is 4.93. The van der Waals surface area contributed by atoms with Crippen molar-refractivity contribution in [2.45, 2.75) is 39.4 Å². The molecule has 2 nitrogen and oxygen atoms in total. The van der Waals surface area contributed by atoms with Crippen LogP contribution in [0.3, 0.4) is 0 Å². The standard InChI is InChI=1S/C10H18O2/c1-4-5-8-9(2,3)10(8)11-6-7-12-10/h8H,4-7H2,1-3H3. The lowest BCUT2D eigenvalue weighted by molar-refractivity contribution is -0.105. The predicted molar refractivity (Wildman–Crippen MR) is 46.8 cm³/mol. The molecule has 0 aromatic rings. The van der Waals surface area contributed by atoms with E-state index in [9.17, 15) is 0 Å². The molecule has 1 unspecified atom stereocenters. The van der Waals surface area contributed by atoms with Crippen LogP contribution in [0.15, 0.2) is 0 Å². The van der Waals surface area contributed by atoms with Gasteiger partial charge in [0.1, 0.15) is 0 Å². The Balaban J connectivity index is 2.08. The first kappa shape index (κ1) is 8.52. The van der Waals surface area contributed by atoms with E-state index in [0.29, 0.717) is 5.92 Å². The molecule has 0 amide bonds. The van der Waals surface area contributed by atoms with Crippen molar-refractivity contribution in [1.29, 1.82) is 0 Å². The van der Waals surface area contributed by atoms with Crippen molar-refractivity contribution < 1.29 is 9.47 Å². The summed E-state index contributed by atoms with van der Waals surface area (Å²) in [7, 11) is 0. The predicted octanol–water partition coefficient (Wildman–Crippen LogP) is 2.19. The summed E-state index contributed by atoms with van der Waals surface area (Å²) in [5, 5.41) is 0. The van der Waals surface area contributed by atoms with E-state index >= 15 is 0 Å². The Hall–Kier alpha value is -0.0800. The van der Waals surface area contributed by atoms with Gasteiger partial charge in [-0.1, -0.05) is 27.2 Å². The van der Waals surface area contributed by atoms with Gasteiger partial charge >= 0.3 is 0 Å². The normalized spacial score (nSPS) is 35.8. The maximum absolute atomic E-state index is 5.71. The van der Waals surface area contributed by atoms with Gasteiger partial charge in [-0.15, -0.1) is 0 Å². The highest BCUT2D eigenvalue weighted by Gasteiger charge is 2.74. The van der Waals surface area contributed by atoms with Gasteiger partial charge in [0.15, 0.2) is 5.79 Å². The van der Waals surface area contributed by atoms with Gasteiger partial charge in [0.05, 0.1) is 13.2 Å². The molecule has 1 saturated carbocycles. The Morgan fingerprint density at radius 2 is 1.83 bits per heavy atom. The molecule has 12 heavy (non-hydrogen) atoms. The zero-order valence-electron chi connectivity index (χ0n) is 8.22. The molecule has 0 aromatic heterocycles. The molecule has 1 aliphatic heterocycles. The number of hydrogen-bond donors (Lipinski definition) is 0. The zero-order valence-corrected chi connectivity index (χ0v) is 8.22. The quantitative estimate of drug-likeness (QED) is 0.632. The fraction of sp³-hybridized carbons (Fsp3) is 1.00. The van der Waals surface area contributed by atoms with Gasteiger partial charge in [0, 0.05) is 11.3 Å². The van der Waals surface area contributed by atoms with Crippen LogP contribution in [0, 0.1) is 11.3 Å². The van der Waals surface area contributed by atoms with Crippen LogP contribution in [0.1, 0.15) is 33.6 Å². The Morgan fingerprint density at radius 1 is 1.25 bits per heavy atom.